The monoisotopic (exact) mass is 867 g/mol. The van der Waals surface area contributed by atoms with E-state index in [2.05, 4.69) is 25.1 Å². The molecule has 1 atom stereocenters. The molecule has 0 aliphatic heterocycles. The molecule has 0 saturated heterocycles. The topological polar surface area (TPSA) is 170 Å². The molecular formula is C40H31ClF5N7O6S. The summed E-state index contributed by atoms with van der Waals surface area (Å²) in [5, 5.41) is 15.8. The van der Waals surface area contributed by atoms with Gasteiger partial charge in [0.15, 0.2) is 11.5 Å². The van der Waals surface area contributed by atoms with Crippen molar-refractivity contribution in [2.75, 3.05) is 17.6 Å². The molecule has 3 aromatic heterocycles. The molecule has 3 N–H and O–H groups in total. The number of carbonyl (C=O) groups is 1. The molecular weight excluding hydrogens is 837 g/mol. The summed E-state index contributed by atoms with van der Waals surface area (Å²) >= 11 is 6.64. The van der Waals surface area contributed by atoms with Gasteiger partial charge in [-0.3, -0.25) is 18.8 Å². The number of amides is 1. The average Bonchev–Trinajstić information content (AvgIpc) is 3.53. The van der Waals surface area contributed by atoms with Crippen molar-refractivity contribution >= 4 is 55.5 Å². The molecule has 0 bridgehead atoms. The highest BCUT2D eigenvalue weighted by Crippen LogP contribution is 2.37. The molecule has 0 saturated carbocycles. The van der Waals surface area contributed by atoms with Gasteiger partial charge in [-0.2, -0.15) is 5.10 Å². The minimum absolute atomic E-state index is 0.0370. The zero-order valence-corrected chi connectivity index (χ0v) is 32.6. The lowest BCUT2D eigenvalue weighted by Gasteiger charge is -2.22. The number of methoxy groups -OCH3 is 1. The standard InChI is InChI=1S/C40H31ClF5N7O6S/c1-59-25-8-6-21(7-9-25)14-15-60(57,58)51-37-34-28(41)11-13-32(35(34)52(50-37)20-33(45)46)53-38(31(48-40(55)56)18-22-16-23(42)19-24(43)17-22)49-36-27(39(53)54)10-12-30(47-36)26-4-2-3-5-29(26)44/h2-13,16-17,19,31,33,48H,14-15,18,20H2,1H3,(H,50,51)(H,55,56). The highest BCUT2D eigenvalue weighted by molar-refractivity contribution is 7.92. The quantitative estimate of drug-likeness (QED) is 0.0929. The molecule has 60 heavy (non-hydrogen) atoms. The number of fused-ring (bicyclic) bond motifs is 2. The third kappa shape index (κ3) is 8.86. The van der Waals surface area contributed by atoms with Crippen molar-refractivity contribution in [3.63, 3.8) is 0 Å². The number of aryl methyl sites for hydroxylation is 1. The van der Waals surface area contributed by atoms with E-state index in [9.17, 15) is 45.1 Å². The predicted molar refractivity (Wildman–Crippen MR) is 213 cm³/mol. The second-order valence-corrected chi connectivity index (χ2v) is 15.6. The zero-order chi connectivity index (χ0) is 42.9. The van der Waals surface area contributed by atoms with Crippen molar-refractivity contribution in [1.29, 1.82) is 0 Å². The van der Waals surface area contributed by atoms with Gasteiger partial charge in [-0.1, -0.05) is 35.9 Å². The fourth-order valence-electron chi connectivity index (χ4n) is 6.71. The van der Waals surface area contributed by atoms with Crippen LogP contribution in [0.2, 0.25) is 5.02 Å². The third-order valence-electron chi connectivity index (χ3n) is 9.32. The van der Waals surface area contributed by atoms with E-state index in [0.717, 1.165) is 21.4 Å². The van der Waals surface area contributed by atoms with Crippen LogP contribution < -0.4 is 20.3 Å². The van der Waals surface area contributed by atoms with Crippen molar-refractivity contribution in [2.24, 2.45) is 0 Å². The number of pyridine rings is 1. The van der Waals surface area contributed by atoms with Crippen LogP contribution >= 0.6 is 11.6 Å². The second kappa shape index (κ2) is 16.9. The van der Waals surface area contributed by atoms with Crippen LogP contribution in [0.25, 0.3) is 38.9 Å². The normalized spacial score (nSPS) is 12.3. The Morgan fingerprint density at radius 2 is 1.65 bits per heavy atom. The van der Waals surface area contributed by atoms with E-state index in [-0.39, 0.29) is 55.9 Å². The van der Waals surface area contributed by atoms with E-state index in [4.69, 9.17) is 16.3 Å². The molecule has 0 aliphatic carbocycles. The fraction of sp³-hybridized carbons (Fsp3) is 0.175. The number of ether oxygens (including phenoxy) is 1. The Bertz CT molecular complexity index is 2930. The number of hydrogen-bond acceptors (Lipinski definition) is 8. The maximum Gasteiger partial charge on any atom is 0.405 e. The Kier molecular flexibility index (Phi) is 11.7. The molecule has 310 valence electrons. The van der Waals surface area contributed by atoms with Gasteiger partial charge in [0.1, 0.15) is 35.6 Å². The number of nitrogens with zero attached hydrogens (tertiary/aromatic N) is 5. The first kappa shape index (κ1) is 41.6. The van der Waals surface area contributed by atoms with Crippen LogP contribution in [0.5, 0.6) is 5.75 Å². The van der Waals surface area contributed by atoms with Crippen molar-refractivity contribution in [1.82, 2.24) is 29.6 Å². The summed E-state index contributed by atoms with van der Waals surface area (Å²) in [5.74, 6) is -3.46. The lowest BCUT2D eigenvalue weighted by molar-refractivity contribution is 0.123. The van der Waals surface area contributed by atoms with Gasteiger partial charge >= 0.3 is 6.09 Å². The smallest absolute Gasteiger partial charge is 0.405 e. The van der Waals surface area contributed by atoms with Gasteiger partial charge in [-0.25, -0.2) is 45.1 Å². The molecule has 1 amide bonds. The Labute approximate surface area is 342 Å². The fourth-order valence-corrected chi connectivity index (χ4v) is 8.00. The molecule has 1 unspecified atom stereocenters. The highest BCUT2D eigenvalue weighted by Gasteiger charge is 2.29. The summed E-state index contributed by atoms with van der Waals surface area (Å²) in [7, 11) is -2.77. The maximum atomic E-state index is 14.9. The summed E-state index contributed by atoms with van der Waals surface area (Å²) in [6, 6.07) is 18.2. The van der Waals surface area contributed by atoms with E-state index < -0.39 is 82.0 Å². The number of carboxylic acid groups (broad SMARTS) is 1. The number of alkyl halides is 2. The first-order valence-electron chi connectivity index (χ1n) is 17.8. The molecule has 20 heteroatoms. The number of benzene rings is 4. The van der Waals surface area contributed by atoms with Crippen LogP contribution in [0.3, 0.4) is 0 Å². The lowest BCUT2D eigenvalue weighted by atomic mass is 10.0. The van der Waals surface area contributed by atoms with Crippen LogP contribution in [-0.4, -0.2) is 63.2 Å². The predicted octanol–water partition coefficient (Wildman–Crippen LogP) is 7.68. The van der Waals surface area contributed by atoms with Crippen LogP contribution in [0.4, 0.5) is 32.6 Å². The van der Waals surface area contributed by atoms with Gasteiger partial charge in [0.05, 0.1) is 51.6 Å². The van der Waals surface area contributed by atoms with Crippen molar-refractivity contribution < 1.29 is 45.0 Å². The van der Waals surface area contributed by atoms with Gasteiger partial charge in [0, 0.05) is 18.1 Å². The van der Waals surface area contributed by atoms with E-state index in [1.54, 1.807) is 30.3 Å². The number of nitrogens with one attached hydrogen (secondary N) is 2. The molecule has 0 spiro atoms. The molecule has 7 rings (SSSR count). The van der Waals surface area contributed by atoms with Crippen molar-refractivity contribution in [3.8, 4) is 22.7 Å². The van der Waals surface area contributed by atoms with Gasteiger partial charge in [0.25, 0.3) is 12.0 Å². The molecule has 7 aromatic rings. The Balaban J connectivity index is 1.45. The number of rotatable bonds is 14. The van der Waals surface area contributed by atoms with Gasteiger partial charge < -0.3 is 15.2 Å². The number of halogens is 6. The van der Waals surface area contributed by atoms with E-state index in [1.165, 1.54) is 49.6 Å². The summed E-state index contributed by atoms with van der Waals surface area (Å²) in [6.07, 6.45) is -5.20. The molecule has 13 nitrogen and oxygen atoms in total. The molecule has 0 radical (unpaired) electrons. The van der Waals surface area contributed by atoms with Crippen LogP contribution in [0.15, 0.2) is 95.8 Å². The Morgan fingerprint density at radius 3 is 2.32 bits per heavy atom. The van der Waals surface area contributed by atoms with Crippen molar-refractivity contribution in [2.45, 2.75) is 31.9 Å². The summed E-state index contributed by atoms with van der Waals surface area (Å²) in [5.41, 5.74) is -1.15. The van der Waals surface area contributed by atoms with E-state index >= 15 is 0 Å². The minimum atomic E-state index is -4.25. The maximum absolute atomic E-state index is 14.9. The third-order valence-corrected chi connectivity index (χ3v) is 10.9. The van der Waals surface area contributed by atoms with Crippen molar-refractivity contribution in [3.05, 3.63) is 141 Å². The Morgan fingerprint density at radius 1 is 0.933 bits per heavy atom. The Hall–Kier alpha value is -6.60. The lowest BCUT2D eigenvalue weighted by Crippen LogP contribution is -2.35. The molecule has 3 heterocycles. The van der Waals surface area contributed by atoms with Gasteiger partial charge in [-0.15, -0.1) is 0 Å². The summed E-state index contributed by atoms with van der Waals surface area (Å²) in [4.78, 5) is 36.0. The number of hydrogen-bond donors (Lipinski definition) is 3. The first-order valence-corrected chi connectivity index (χ1v) is 19.9. The zero-order valence-electron chi connectivity index (χ0n) is 31.0. The number of sulfonamides is 1. The SMILES string of the molecule is COc1ccc(CCS(=O)(=O)Nc2nn(CC(F)F)c3c(-n4c(C(Cc5cc(F)cc(F)c5)NC(=O)O)nc5nc(-c6ccccc6F)ccc5c4=O)ccc(Cl)c23)cc1. The van der Waals surface area contributed by atoms with Gasteiger partial charge in [0.2, 0.25) is 10.0 Å². The minimum Gasteiger partial charge on any atom is -0.497 e. The number of anilines is 1. The molecule has 4 aromatic carbocycles. The van der Waals surface area contributed by atoms with Gasteiger partial charge in [-0.05, 0) is 78.2 Å². The van der Waals surface area contributed by atoms with Crippen LogP contribution in [0, 0.1) is 17.5 Å². The second-order valence-electron chi connectivity index (χ2n) is 13.4. The highest BCUT2D eigenvalue weighted by atomic mass is 35.5. The largest absolute Gasteiger partial charge is 0.497 e. The van der Waals surface area contributed by atoms with E-state index in [0.29, 0.717) is 17.4 Å². The summed E-state index contributed by atoms with van der Waals surface area (Å²) < 4.78 is 108. The molecule has 0 fully saturated rings. The molecule has 0 aliphatic rings. The average molecular weight is 868 g/mol. The first-order chi connectivity index (χ1) is 28.6. The number of aromatic nitrogens is 5. The summed E-state index contributed by atoms with van der Waals surface area (Å²) in [6.45, 7) is -1.13. The van der Waals surface area contributed by atoms with Crippen LogP contribution in [0.1, 0.15) is 23.0 Å². The van der Waals surface area contributed by atoms with E-state index in [1.807, 2.05) is 0 Å². The van der Waals surface area contributed by atoms with Crippen LogP contribution in [-0.2, 0) is 29.4 Å².